The summed E-state index contributed by atoms with van der Waals surface area (Å²) in [7, 11) is 0. The molecule has 0 spiro atoms. The van der Waals surface area contributed by atoms with E-state index in [-0.39, 0.29) is 0 Å². The highest BCUT2D eigenvalue weighted by atomic mass is 16.7. The van der Waals surface area contributed by atoms with E-state index in [0.717, 1.165) is 57.1 Å². The van der Waals surface area contributed by atoms with Gasteiger partial charge in [-0.3, -0.25) is 9.69 Å². The molecule has 2 saturated heterocycles. The van der Waals surface area contributed by atoms with E-state index in [1.54, 1.807) is 0 Å². The maximum atomic E-state index is 12.3. The minimum absolute atomic E-state index is 0.327. The van der Waals surface area contributed by atoms with Crippen molar-refractivity contribution in [2.75, 3.05) is 33.0 Å². The predicted octanol–water partition coefficient (Wildman–Crippen LogP) is 3.03. The molecule has 3 heterocycles. The van der Waals surface area contributed by atoms with E-state index >= 15 is 0 Å². The number of rotatable bonds is 5. The van der Waals surface area contributed by atoms with E-state index < -0.39 is 0 Å². The number of piperidine rings is 1. The number of fused-ring (bicyclic) bond motifs is 1. The molecule has 0 aliphatic carbocycles. The molecule has 4 rings (SSSR count). The average Bonchev–Trinajstić information content (AvgIpc) is 3.32. The van der Waals surface area contributed by atoms with Gasteiger partial charge >= 0.3 is 0 Å². The van der Waals surface area contributed by atoms with Crippen LogP contribution in [0.15, 0.2) is 18.2 Å². The van der Waals surface area contributed by atoms with Crippen molar-refractivity contribution in [1.82, 2.24) is 9.80 Å². The molecule has 1 aromatic rings. The molecule has 0 N–H and O–H groups in total. The molecular weight excluding hydrogens is 316 g/mol. The fourth-order valence-corrected chi connectivity index (χ4v) is 4.34. The molecular formula is C20H28N2O3. The van der Waals surface area contributed by atoms with Crippen molar-refractivity contribution in [2.24, 2.45) is 5.92 Å². The molecule has 3 aliphatic rings. The van der Waals surface area contributed by atoms with Crippen molar-refractivity contribution in [2.45, 2.75) is 45.1 Å². The van der Waals surface area contributed by atoms with Gasteiger partial charge in [-0.15, -0.1) is 0 Å². The summed E-state index contributed by atoms with van der Waals surface area (Å²) in [5, 5.41) is 0. The van der Waals surface area contributed by atoms with Gasteiger partial charge in [-0.05, 0) is 50.6 Å². The van der Waals surface area contributed by atoms with Crippen LogP contribution in [0.3, 0.4) is 0 Å². The minimum atomic E-state index is 0.327. The van der Waals surface area contributed by atoms with Gasteiger partial charge in [-0.2, -0.15) is 0 Å². The van der Waals surface area contributed by atoms with Crippen molar-refractivity contribution in [1.29, 1.82) is 0 Å². The predicted molar refractivity (Wildman–Crippen MR) is 95.6 cm³/mol. The van der Waals surface area contributed by atoms with Gasteiger partial charge < -0.3 is 14.4 Å². The van der Waals surface area contributed by atoms with Crippen molar-refractivity contribution in [3.8, 4) is 11.5 Å². The molecule has 5 heteroatoms. The molecule has 5 nitrogen and oxygen atoms in total. The minimum Gasteiger partial charge on any atom is -0.454 e. The van der Waals surface area contributed by atoms with Crippen LogP contribution in [-0.4, -0.2) is 48.7 Å². The topological polar surface area (TPSA) is 42.0 Å². The number of para-hydroxylation sites is 1. The smallest absolute Gasteiger partial charge is 0.231 e. The van der Waals surface area contributed by atoms with E-state index in [4.69, 9.17) is 9.47 Å². The maximum Gasteiger partial charge on any atom is 0.231 e. The molecule has 136 valence electrons. The Morgan fingerprint density at radius 3 is 2.88 bits per heavy atom. The zero-order valence-corrected chi connectivity index (χ0v) is 14.9. The van der Waals surface area contributed by atoms with E-state index in [9.17, 15) is 4.79 Å². The van der Waals surface area contributed by atoms with E-state index in [2.05, 4.69) is 11.0 Å². The molecule has 0 unspecified atom stereocenters. The van der Waals surface area contributed by atoms with E-state index in [1.165, 1.54) is 31.2 Å². The first-order valence-electron chi connectivity index (χ1n) is 9.67. The molecule has 0 bridgehead atoms. The lowest BCUT2D eigenvalue weighted by atomic mass is 9.92. The lowest BCUT2D eigenvalue weighted by Gasteiger charge is -2.33. The standard InChI is InChI=1S/C20H28N2O3/c23-19(22-11-1-2-12-22)9-8-16-5-4-10-21(13-16)14-17-6-3-7-18-20(17)25-15-24-18/h3,6-7,16H,1-2,4-5,8-15H2/t16-/m1/s1. The Morgan fingerprint density at radius 1 is 1.12 bits per heavy atom. The Balaban J connectivity index is 1.29. The summed E-state index contributed by atoms with van der Waals surface area (Å²) in [5.74, 6) is 2.77. The monoisotopic (exact) mass is 344 g/mol. The van der Waals surface area contributed by atoms with Crippen LogP contribution in [0.5, 0.6) is 11.5 Å². The van der Waals surface area contributed by atoms with Crippen LogP contribution >= 0.6 is 0 Å². The third-order valence-electron chi connectivity index (χ3n) is 5.70. The molecule has 1 aromatic carbocycles. The van der Waals surface area contributed by atoms with Gasteiger partial charge in [0.15, 0.2) is 11.5 Å². The summed E-state index contributed by atoms with van der Waals surface area (Å²) in [6.45, 7) is 5.38. The van der Waals surface area contributed by atoms with Gasteiger partial charge in [-0.1, -0.05) is 12.1 Å². The number of likely N-dealkylation sites (tertiary alicyclic amines) is 2. The zero-order valence-electron chi connectivity index (χ0n) is 14.9. The molecule has 1 atom stereocenters. The summed E-state index contributed by atoms with van der Waals surface area (Å²) in [4.78, 5) is 16.8. The Morgan fingerprint density at radius 2 is 2.00 bits per heavy atom. The number of nitrogens with zero attached hydrogens (tertiary/aromatic N) is 2. The van der Waals surface area contributed by atoms with Crippen LogP contribution in [0.4, 0.5) is 0 Å². The lowest BCUT2D eigenvalue weighted by molar-refractivity contribution is -0.130. The quantitative estimate of drug-likeness (QED) is 0.823. The molecule has 1 amide bonds. The first kappa shape index (κ1) is 16.7. The molecule has 25 heavy (non-hydrogen) atoms. The fraction of sp³-hybridized carbons (Fsp3) is 0.650. The summed E-state index contributed by atoms with van der Waals surface area (Å²) in [6.07, 6.45) is 6.56. The number of carbonyl (C=O) groups is 1. The highest BCUT2D eigenvalue weighted by Gasteiger charge is 2.25. The fourth-order valence-electron chi connectivity index (χ4n) is 4.34. The Labute approximate surface area is 149 Å². The van der Waals surface area contributed by atoms with Crippen LogP contribution < -0.4 is 9.47 Å². The average molecular weight is 344 g/mol. The second-order valence-electron chi connectivity index (χ2n) is 7.52. The first-order chi connectivity index (χ1) is 12.3. The third kappa shape index (κ3) is 3.92. The van der Waals surface area contributed by atoms with Crippen LogP contribution in [0, 0.1) is 5.92 Å². The lowest BCUT2D eigenvalue weighted by Crippen LogP contribution is -2.36. The van der Waals surface area contributed by atoms with Crippen molar-refractivity contribution >= 4 is 5.91 Å². The highest BCUT2D eigenvalue weighted by molar-refractivity contribution is 5.76. The molecule has 0 saturated carbocycles. The summed E-state index contributed by atoms with van der Waals surface area (Å²) >= 11 is 0. The number of carbonyl (C=O) groups excluding carboxylic acids is 1. The highest BCUT2D eigenvalue weighted by Crippen LogP contribution is 2.36. The summed E-state index contributed by atoms with van der Waals surface area (Å²) < 4.78 is 11.1. The van der Waals surface area contributed by atoms with E-state index in [1.807, 2.05) is 17.0 Å². The largest absolute Gasteiger partial charge is 0.454 e. The molecule has 2 fully saturated rings. The number of benzene rings is 1. The first-order valence-corrected chi connectivity index (χ1v) is 9.67. The Hall–Kier alpha value is -1.75. The normalized spacial score (nSPS) is 23.2. The van der Waals surface area contributed by atoms with Gasteiger partial charge in [0.05, 0.1) is 0 Å². The number of ether oxygens (including phenoxy) is 2. The van der Waals surface area contributed by atoms with Crippen LogP contribution in [0.1, 0.15) is 44.1 Å². The third-order valence-corrected chi connectivity index (χ3v) is 5.70. The Bertz CT molecular complexity index is 613. The van der Waals surface area contributed by atoms with Crippen molar-refractivity contribution in [3.05, 3.63) is 23.8 Å². The molecule has 0 radical (unpaired) electrons. The Kier molecular flexibility index (Phi) is 5.11. The second kappa shape index (κ2) is 7.65. The number of hydrogen-bond acceptors (Lipinski definition) is 4. The van der Waals surface area contributed by atoms with Crippen molar-refractivity contribution < 1.29 is 14.3 Å². The molecule has 0 aromatic heterocycles. The second-order valence-corrected chi connectivity index (χ2v) is 7.52. The van der Waals surface area contributed by atoms with Crippen molar-refractivity contribution in [3.63, 3.8) is 0 Å². The molecule has 3 aliphatic heterocycles. The van der Waals surface area contributed by atoms with Gasteiger partial charge in [0.1, 0.15) is 0 Å². The van der Waals surface area contributed by atoms with Gasteiger partial charge in [-0.25, -0.2) is 0 Å². The number of amides is 1. The number of hydrogen-bond donors (Lipinski definition) is 0. The van der Waals surface area contributed by atoms with Gasteiger partial charge in [0.2, 0.25) is 12.7 Å². The zero-order chi connectivity index (χ0) is 17.1. The maximum absolute atomic E-state index is 12.3. The SMILES string of the molecule is O=C(CC[C@H]1CCCN(Cc2cccc3c2OCO3)C1)N1CCCC1. The van der Waals surface area contributed by atoms with Crippen LogP contribution in [0.2, 0.25) is 0 Å². The van der Waals surface area contributed by atoms with Crippen LogP contribution in [-0.2, 0) is 11.3 Å². The summed E-state index contributed by atoms with van der Waals surface area (Å²) in [6, 6.07) is 6.14. The van der Waals surface area contributed by atoms with Gasteiger partial charge in [0, 0.05) is 38.2 Å². The van der Waals surface area contributed by atoms with E-state index in [0.29, 0.717) is 18.6 Å². The summed E-state index contributed by atoms with van der Waals surface area (Å²) in [5.41, 5.74) is 1.21. The van der Waals surface area contributed by atoms with Crippen LogP contribution in [0.25, 0.3) is 0 Å². The van der Waals surface area contributed by atoms with Gasteiger partial charge in [0.25, 0.3) is 0 Å².